The number of carbonyl (C=O) groups is 3. The van der Waals surface area contributed by atoms with Crippen LogP contribution in [0.3, 0.4) is 0 Å². The lowest BCUT2D eigenvalue weighted by Crippen LogP contribution is -2.33. The van der Waals surface area contributed by atoms with Crippen LogP contribution in [-0.2, 0) is 20.6 Å². The molecule has 1 fully saturated rings. The molecular formula is C30H21BrF3N3O5S2. The van der Waals surface area contributed by atoms with E-state index in [1.54, 1.807) is 30.3 Å². The van der Waals surface area contributed by atoms with Crippen LogP contribution in [0, 0.1) is 12.8 Å². The Bertz CT molecular complexity index is 1860. The van der Waals surface area contributed by atoms with E-state index in [1.165, 1.54) is 12.1 Å². The summed E-state index contributed by atoms with van der Waals surface area (Å²) in [6, 6.07) is 16.5. The molecule has 44 heavy (non-hydrogen) atoms. The number of benzene rings is 3. The van der Waals surface area contributed by atoms with E-state index in [-0.39, 0.29) is 5.75 Å². The van der Waals surface area contributed by atoms with Crippen LogP contribution < -0.4 is 19.8 Å². The van der Waals surface area contributed by atoms with Gasteiger partial charge in [-0.2, -0.15) is 13.2 Å². The quantitative estimate of drug-likeness (QED) is 0.227. The zero-order valence-electron chi connectivity index (χ0n) is 22.6. The minimum absolute atomic E-state index is 0.212. The Hall–Kier alpha value is -3.88. The number of rotatable bonds is 6. The first-order valence-corrected chi connectivity index (χ1v) is 15.6. The van der Waals surface area contributed by atoms with Gasteiger partial charge in [0, 0.05) is 26.5 Å². The van der Waals surface area contributed by atoms with E-state index in [4.69, 9.17) is 4.74 Å². The van der Waals surface area contributed by atoms with Gasteiger partial charge in [0.2, 0.25) is 11.8 Å². The topological polar surface area (TPSA) is 109 Å². The number of para-hydroxylation sites is 1. The average molecular weight is 705 g/mol. The largest absolute Gasteiger partial charge is 0.483 e. The third-order valence-corrected chi connectivity index (χ3v) is 10.2. The summed E-state index contributed by atoms with van der Waals surface area (Å²) in [4.78, 5) is 56.3. The van der Waals surface area contributed by atoms with Crippen LogP contribution >= 0.6 is 39.0 Å². The van der Waals surface area contributed by atoms with Crippen molar-refractivity contribution in [2.45, 2.75) is 29.3 Å². The zero-order chi connectivity index (χ0) is 31.3. The van der Waals surface area contributed by atoms with Crippen LogP contribution in [0.15, 0.2) is 81.0 Å². The maximum atomic E-state index is 14.0. The number of ether oxygens (including phenoxy) is 1. The number of aromatic amines is 1. The summed E-state index contributed by atoms with van der Waals surface area (Å²) in [7, 11) is 0. The maximum absolute atomic E-state index is 14.0. The number of nitrogens with one attached hydrogen (secondary N) is 2. The van der Waals surface area contributed by atoms with Gasteiger partial charge in [-0.05, 0) is 49.4 Å². The number of thioether (sulfide) groups is 1. The summed E-state index contributed by atoms with van der Waals surface area (Å²) in [6.07, 6.45) is -4.81. The van der Waals surface area contributed by atoms with Crippen LogP contribution in [0.5, 0.6) is 5.75 Å². The summed E-state index contributed by atoms with van der Waals surface area (Å²) in [6.45, 7) is 1.52. The first-order chi connectivity index (χ1) is 20.9. The van der Waals surface area contributed by atoms with E-state index < -0.39 is 63.7 Å². The van der Waals surface area contributed by atoms with Crippen LogP contribution in [0.2, 0.25) is 0 Å². The minimum atomic E-state index is -4.81. The van der Waals surface area contributed by atoms with Crippen molar-refractivity contribution < 1.29 is 32.3 Å². The summed E-state index contributed by atoms with van der Waals surface area (Å²) in [5, 5.41) is 1.97. The molecule has 0 aliphatic carbocycles. The molecule has 2 N–H and O–H groups in total. The molecule has 226 valence electrons. The number of thiazole rings is 1. The van der Waals surface area contributed by atoms with Crippen LogP contribution in [0.4, 0.5) is 24.5 Å². The fourth-order valence-electron chi connectivity index (χ4n) is 5.37. The van der Waals surface area contributed by atoms with Gasteiger partial charge >= 0.3 is 11.0 Å². The Kier molecular flexibility index (Phi) is 7.92. The minimum Gasteiger partial charge on any atom is -0.483 e. The van der Waals surface area contributed by atoms with Gasteiger partial charge in [-0.25, -0.2) is 4.90 Å². The first-order valence-electron chi connectivity index (χ1n) is 13.1. The number of carbonyl (C=O) groups excluding carboxylic acids is 3. The molecule has 0 saturated carbocycles. The molecule has 2 aliphatic heterocycles. The monoisotopic (exact) mass is 703 g/mol. The van der Waals surface area contributed by atoms with Crippen molar-refractivity contribution in [3.63, 3.8) is 0 Å². The lowest BCUT2D eigenvalue weighted by Gasteiger charge is -2.31. The molecule has 3 heterocycles. The Balaban J connectivity index is 1.38. The maximum Gasteiger partial charge on any atom is 0.418 e. The molecule has 3 atom stereocenters. The molecule has 3 aromatic carbocycles. The number of hydrogen-bond acceptors (Lipinski definition) is 7. The molecule has 3 amide bonds. The Labute approximate surface area is 264 Å². The normalized spacial score (nSPS) is 19.5. The molecule has 2 aliphatic rings. The number of amides is 3. The van der Waals surface area contributed by atoms with E-state index in [0.29, 0.717) is 30.5 Å². The smallest absolute Gasteiger partial charge is 0.418 e. The number of aryl methyl sites for hydroxylation is 1. The molecule has 3 unspecified atom stereocenters. The van der Waals surface area contributed by atoms with E-state index >= 15 is 0 Å². The Morgan fingerprint density at radius 3 is 2.50 bits per heavy atom. The molecule has 6 rings (SSSR count). The number of alkyl halides is 3. The van der Waals surface area contributed by atoms with Crippen LogP contribution in [-0.4, -0.2) is 34.6 Å². The van der Waals surface area contributed by atoms with Gasteiger partial charge in [0.05, 0.1) is 22.2 Å². The number of halogens is 4. The zero-order valence-corrected chi connectivity index (χ0v) is 25.8. The lowest BCUT2D eigenvalue weighted by atomic mass is 9.82. The number of H-pyrrole nitrogens is 1. The highest BCUT2D eigenvalue weighted by Gasteiger charge is 2.57. The predicted octanol–water partition coefficient (Wildman–Crippen LogP) is 6.34. The lowest BCUT2D eigenvalue weighted by molar-refractivity contribution is -0.137. The summed E-state index contributed by atoms with van der Waals surface area (Å²) in [5.74, 6) is -3.99. The average Bonchev–Trinajstić information content (AvgIpc) is 3.47. The fourth-order valence-corrected chi connectivity index (χ4v) is 8.25. The molecule has 14 heteroatoms. The number of aromatic nitrogens is 1. The highest BCUT2D eigenvalue weighted by Crippen LogP contribution is 2.55. The second-order valence-corrected chi connectivity index (χ2v) is 13.2. The molecule has 4 aromatic rings. The standard InChI is InChI=1S/C30H21BrF3N3O5S2/c1-14-6-9-16(10-7-14)35-21(38)13-42-20-11-8-15(31)12-17(20)22-23-25(43-26-24(22)44-29(41)36-26)28(40)37(27(23)39)19-5-3-2-4-18(19)30(32,33)34/h2-12,22-23,25H,13H2,1H3,(H,35,38)(H,36,41). The molecule has 0 bridgehead atoms. The van der Waals surface area contributed by atoms with Crippen molar-refractivity contribution in [3.8, 4) is 5.75 Å². The second-order valence-electron chi connectivity index (χ2n) is 10.2. The van der Waals surface area contributed by atoms with Crippen LogP contribution in [0.25, 0.3) is 0 Å². The molecule has 1 saturated heterocycles. The summed E-state index contributed by atoms with van der Waals surface area (Å²) < 4.78 is 48.3. The van der Waals surface area contributed by atoms with E-state index in [0.717, 1.165) is 40.8 Å². The van der Waals surface area contributed by atoms with E-state index in [1.807, 2.05) is 19.1 Å². The van der Waals surface area contributed by atoms with Crippen molar-refractivity contribution in [1.29, 1.82) is 0 Å². The predicted molar refractivity (Wildman–Crippen MR) is 163 cm³/mol. The Morgan fingerprint density at radius 1 is 1.05 bits per heavy atom. The summed E-state index contributed by atoms with van der Waals surface area (Å²) in [5.41, 5.74) is 0.314. The summed E-state index contributed by atoms with van der Waals surface area (Å²) >= 11 is 5.22. The van der Waals surface area contributed by atoms with Gasteiger partial charge in [0.15, 0.2) is 6.61 Å². The van der Waals surface area contributed by atoms with E-state index in [9.17, 15) is 32.3 Å². The first kappa shape index (κ1) is 30.2. The third kappa shape index (κ3) is 5.57. The Morgan fingerprint density at radius 2 is 1.77 bits per heavy atom. The number of nitrogens with zero attached hydrogens (tertiary/aromatic N) is 1. The van der Waals surface area contributed by atoms with Crippen molar-refractivity contribution in [2.75, 3.05) is 16.8 Å². The van der Waals surface area contributed by atoms with Gasteiger partial charge in [-0.3, -0.25) is 19.2 Å². The van der Waals surface area contributed by atoms with E-state index in [2.05, 4.69) is 26.2 Å². The van der Waals surface area contributed by atoms with Crippen molar-refractivity contribution >= 4 is 68.1 Å². The van der Waals surface area contributed by atoms with Gasteiger partial charge in [0.25, 0.3) is 5.91 Å². The van der Waals surface area contributed by atoms with Gasteiger partial charge < -0.3 is 15.0 Å². The molecule has 0 radical (unpaired) electrons. The number of hydrogen-bond donors (Lipinski definition) is 2. The molecule has 0 spiro atoms. The van der Waals surface area contributed by atoms with Crippen molar-refractivity contribution in [2.24, 2.45) is 5.92 Å². The second kappa shape index (κ2) is 11.6. The van der Waals surface area contributed by atoms with Crippen molar-refractivity contribution in [1.82, 2.24) is 4.98 Å². The highest BCUT2D eigenvalue weighted by atomic mass is 79.9. The van der Waals surface area contributed by atoms with Crippen LogP contribution in [0.1, 0.15) is 27.5 Å². The fraction of sp³-hybridized carbons (Fsp3) is 0.200. The molecular weight excluding hydrogens is 683 g/mol. The van der Waals surface area contributed by atoms with Gasteiger partial charge in [-0.15, -0.1) is 0 Å². The third-order valence-electron chi connectivity index (χ3n) is 7.28. The number of anilines is 2. The molecule has 1 aromatic heterocycles. The van der Waals surface area contributed by atoms with Crippen molar-refractivity contribution in [3.05, 3.63) is 102 Å². The SMILES string of the molecule is Cc1ccc(NC(=O)COc2ccc(Br)cc2C2c3sc(=O)[nH]c3SC3C(=O)N(c4ccccc4C(F)(F)F)C(=O)C32)cc1. The number of fused-ring (bicyclic) bond motifs is 2. The van der Waals surface area contributed by atoms with Gasteiger partial charge in [-0.1, -0.05) is 68.9 Å². The van der Waals surface area contributed by atoms with Gasteiger partial charge in [0.1, 0.15) is 11.0 Å². The highest BCUT2D eigenvalue weighted by molar-refractivity contribution is 9.10. The number of imide groups is 1. The molecule has 8 nitrogen and oxygen atoms in total.